The fourth-order valence-electron chi connectivity index (χ4n) is 2.14. The number of hydrogen-bond acceptors (Lipinski definition) is 4. The van der Waals surface area contributed by atoms with Crippen LogP contribution >= 0.6 is 0 Å². The van der Waals surface area contributed by atoms with Crippen molar-refractivity contribution in [2.24, 2.45) is 0 Å². The maximum atomic E-state index is 12.1. The molecule has 3 rings (SSSR count). The van der Waals surface area contributed by atoms with Gasteiger partial charge >= 0.3 is 0 Å². The van der Waals surface area contributed by atoms with Gasteiger partial charge < -0.3 is 0 Å². The van der Waals surface area contributed by atoms with Gasteiger partial charge in [0.25, 0.3) is 11.2 Å². The molecule has 108 valence electrons. The van der Waals surface area contributed by atoms with Gasteiger partial charge in [-0.25, -0.2) is 0 Å². The molecule has 0 aliphatic rings. The molecule has 0 fully saturated rings. The van der Waals surface area contributed by atoms with Gasteiger partial charge in [0, 0.05) is 17.7 Å². The van der Waals surface area contributed by atoms with Crippen molar-refractivity contribution < 1.29 is 4.92 Å². The maximum absolute atomic E-state index is 12.1. The zero-order valence-electron chi connectivity index (χ0n) is 11.4. The van der Waals surface area contributed by atoms with E-state index in [9.17, 15) is 14.9 Å². The van der Waals surface area contributed by atoms with Crippen molar-refractivity contribution in [1.29, 1.82) is 0 Å². The van der Waals surface area contributed by atoms with Gasteiger partial charge in [0.2, 0.25) is 0 Å². The molecule has 6 heteroatoms. The van der Waals surface area contributed by atoms with E-state index in [1.807, 2.05) is 30.3 Å². The van der Waals surface area contributed by atoms with E-state index < -0.39 is 10.5 Å². The molecule has 0 amide bonds. The van der Waals surface area contributed by atoms with Crippen molar-refractivity contribution in [3.05, 3.63) is 87.2 Å². The third kappa shape index (κ3) is 2.49. The monoisotopic (exact) mass is 293 g/mol. The smallest absolute Gasteiger partial charge is 0.267 e. The minimum Gasteiger partial charge on any atom is -0.267 e. The largest absolute Gasteiger partial charge is 0.295 e. The Balaban J connectivity index is 2.20. The quantitative estimate of drug-likeness (QED) is 0.549. The van der Waals surface area contributed by atoms with E-state index >= 15 is 0 Å². The predicted molar refractivity (Wildman–Crippen MR) is 81.9 cm³/mol. The molecule has 22 heavy (non-hydrogen) atoms. The molecule has 6 nitrogen and oxygen atoms in total. The standard InChI is InChI=1S/C16H11N3O3/c20-16-11-10-13(12-6-2-1-3-7-12)17-18(16)14-8-4-5-9-15(14)19(21)22/h1-11H. The lowest BCUT2D eigenvalue weighted by molar-refractivity contribution is -0.384. The van der Waals surface area contributed by atoms with Gasteiger partial charge in [-0.15, -0.1) is 0 Å². The molecule has 0 bridgehead atoms. The summed E-state index contributed by atoms with van der Waals surface area (Å²) in [5, 5.41) is 15.4. The lowest BCUT2D eigenvalue weighted by Crippen LogP contribution is -2.21. The molecule has 0 saturated carbocycles. The van der Waals surface area contributed by atoms with Crippen molar-refractivity contribution >= 4 is 5.69 Å². The molecule has 0 aliphatic heterocycles. The summed E-state index contributed by atoms with van der Waals surface area (Å²) in [6.07, 6.45) is 0. The molecule has 1 aromatic heterocycles. The molecular formula is C16H11N3O3. The van der Waals surface area contributed by atoms with E-state index in [1.54, 1.807) is 18.2 Å². The summed E-state index contributed by atoms with van der Waals surface area (Å²) in [5.74, 6) is 0. The first kappa shape index (κ1) is 13.7. The minimum atomic E-state index is -0.529. The van der Waals surface area contributed by atoms with Crippen molar-refractivity contribution in [3.63, 3.8) is 0 Å². The Labute approximate surface area is 125 Å². The second-order valence-electron chi connectivity index (χ2n) is 4.58. The number of nitro groups is 1. The van der Waals surface area contributed by atoms with Gasteiger partial charge in [0.1, 0.15) is 5.69 Å². The first-order valence-electron chi connectivity index (χ1n) is 6.56. The second kappa shape index (κ2) is 5.61. The fourth-order valence-corrected chi connectivity index (χ4v) is 2.14. The zero-order valence-corrected chi connectivity index (χ0v) is 11.4. The van der Waals surface area contributed by atoms with Gasteiger partial charge in [0.15, 0.2) is 0 Å². The molecule has 0 spiro atoms. The van der Waals surface area contributed by atoms with Gasteiger partial charge in [-0.3, -0.25) is 14.9 Å². The fraction of sp³-hybridized carbons (Fsp3) is 0. The van der Waals surface area contributed by atoms with Crippen molar-refractivity contribution in [2.75, 3.05) is 0 Å². The minimum absolute atomic E-state index is 0.148. The van der Waals surface area contributed by atoms with Crippen LogP contribution < -0.4 is 5.56 Å². The normalized spacial score (nSPS) is 10.4. The summed E-state index contributed by atoms with van der Waals surface area (Å²) in [4.78, 5) is 22.7. The van der Waals surface area contributed by atoms with E-state index in [2.05, 4.69) is 5.10 Å². The van der Waals surface area contributed by atoms with Crippen LogP contribution in [0.2, 0.25) is 0 Å². The van der Waals surface area contributed by atoms with E-state index in [1.165, 1.54) is 18.2 Å². The van der Waals surface area contributed by atoms with Crippen molar-refractivity contribution in [2.45, 2.75) is 0 Å². The predicted octanol–water partition coefficient (Wildman–Crippen LogP) is 2.81. The van der Waals surface area contributed by atoms with Crippen LogP contribution in [0, 0.1) is 10.1 Å². The molecule has 0 N–H and O–H groups in total. The van der Waals surface area contributed by atoms with E-state index in [0.717, 1.165) is 10.2 Å². The summed E-state index contributed by atoms with van der Waals surface area (Å²) >= 11 is 0. The number of para-hydroxylation sites is 2. The Bertz CT molecular complexity index is 888. The Morgan fingerprint density at radius 3 is 2.32 bits per heavy atom. The summed E-state index contributed by atoms with van der Waals surface area (Å²) in [5.41, 5.74) is 0.958. The van der Waals surface area contributed by atoms with E-state index in [-0.39, 0.29) is 11.4 Å². The highest BCUT2D eigenvalue weighted by Gasteiger charge is 2.16. The molecule has 3 aromatic rings. The average Bonchev–Trinajstić information content (AvgIpc) is 2.56. The molecule has 0 atom stereocenters. The molecule has 0 radical (unpaired) electrons. The molecule has 0 unspecified atom stereocenters. The van der Waals surface area contributed by atoms with Gasteiger partial charge in [-0.2, -0.15) is 9.78 Å². The van der Waals surface area contributed by atoms with Crippen LogP contribution in [0.15, 0.2) is 71.5 Å². The number of nitro benzene ring substituents is 1. The Morgan fingerprint density at radius 1 is 0.909 bits per heavy atom. The van der Waals surface area contributed by atoms with Crippen LogP contribution in [0.1, 0.15) is 0 Å². The average molecular weight is 293 g/mol. The first-order chi connectivity index (χ1) is 10.7. The number of nitrogens with zero attached hydrogens (tertiary/aromatic N) is 3. The van der Waals surface area contributed by atoms with Crippen LogP contribution in [0.4, 0.5) is 5.69 Å². The molecule has 1 heterocycles. The van der Waals surface area contributed by atoms with Crippen LogP contribution in [0.25, 0.3) is 16.9 Å². The first-order valence-corrected chi connectivity index (χ1v) is 6.56. The Morgan fingerprint density at radius 2 is 1.59 bits per heavy atom. The maximum Gasteiger partial charge on any atom is 0.295 e. The summed E-state index contributed by atoms with van der Waals surface area (Å²) in [7, 11) is 0. The highest BCUT2D eigenvalue weighted by molar-refractivity contribution is 5.59. The number of hydrogen-bond donors (Lipinski definition) is 0. The number of benzene rings is 2. The molecule has 2 aromatic carbocycles. The lowest BCUT2D eigenvalue weighted by Gasteiger charge is -2.07. The van der Waals surface area contributed by atoms with Crippen molar-refractivity contribution in [1.82, 2.24) is 9.78 Å². The number of aromatic nitrogens is 2. The Kier molecular flexibility index (Phi) is 3.49. The summed E-state index contributed by atoms with van der Waals surface area (Å²) in [6.45, 7) is 0. The SMILES string of the molecule is O=c1ccc(-c2ccccc2)nn1-c1ccccc1[N+](=O)[O-]. The van der Waals surface area contributed by atoms with Gasteiger partial charge in [-0.05, 0) is 12.1 Å². The molecule has 0 saturated heterocycles. The topological polar surface area (TPSA) is 78.0 Å². The van der Waals surface area contributed by atoms with Crippen molar-refractivity contribution in [3.8, 4) is 16.9 Å². The number of rotatable bonds is 3. The lowest BCUT2D eigenvalue weighted by atomic mass is 10.1. The highest BCUT2D eigenvalue weighted by atomic mass is 16.6. The highest BCUT2D eigenvalue weighted by Crippen LogP contribution is 2.21. The summed E-state index contributed by atoms with van der Waals surface area (Å²) < 4.78 is 1.06. The van der Waals surface area contributed by atoms with Gasteiger partial charge in [-0.1, -0.05) is 42.5 Å². The Hall–Kier alpha value is -3.28. The molecule has 0 aliphatic carbocycles. The molecular weight excluding hydrogens is 282 g/mol. The van der Waals surface area contributed by atoms with Gasteiger partial charge in [0.05, 0.1) is 10.6 Å². The zero-order chi connectivity index (χ0) is 15.5. The van der Waals surface area contributed by atoms with E-state index in [4.69, 9.17) is 0 Å². The van der Waals surface area contributed by atoms with Crippen LogP contribution in [-0.4, -0.2) is 14.7 Å². The van der Waals surface area contributed by atoms with Crippen LogP contribution in [-0.2, 0) is 0 Å². The van der Waals surface area contributed by atoms with Crippen LogP contribution in [0.5, 0.6) is 0 Å². The third-order valence-electron chi connectivity index (χ3n) is 3.18. The second-order valence-corrected chi connectivity index (χ2v) is 4.58. The summed E-state index contributed by atoms with van der Waals surface area (Å²) in [6, 6.07) is 18.3. The third-order valence-corrected chi connectivity index (χ3v) is 3.18. The van der Waals surface area contributed by atoms with E-state index in [0.29, 0.717) is 5.69 Å². The van der Waals surface area contributed by atoms with Crippen LogP contribution in [0.3, 0.4) is 0 Å².